The Morgan fingerprint density at radius 1 is 1.44 bits per heavy atom. The van der Waals surface area contributed by atoms with E-state index in [0.717, 1.165) is 5.75 Å². The highest BCUT2D eigenvalue weighted by Gasteiger charge is 2.08. The van der Waals surface area contributed by atoms with Crippen LogP contribution in [-0.4, -0.2) is 30.3 Å². The summed E-state index contributed by atoms with van der Waals surface area (Å²) >= 11 is 0. The molecule has 88 valence electrons. The Labute approximate surface area is 95.2 Å². The summed E-state index contributed by atoms with van der Waals surface area (Å²) in [5.74, 6) is 0.653. The molecule has 1 amide bonds. The van der Waals surface area contributed by atoms with Crippen molar-refractivity contribution >= 4 is 5.91 Å². The molecule has 0 fully saturated rings. The van der Waals surface area contributed by atoms with Gasteiger partial charge in [-0.3, -0.25) is 4.79 Å². The lowest BCUT2D eigenvalue weighted by molar-refractivity contribution is -0.120. The van der Waals surface area contributed by atoms with E-state index >= 15 is 0 Å². The first-order chi connectivity index (χ1) is 7.72. The van der Waals surface area contributed by atoms with Gasteiger partial charge in [0.05, 0.1) is 19.3 Å². The smallest absolute Gasteiger partial charge is 0.217 e. The highest BCUT2D eigenvalue weighted by Crippen LogP contribution is 2.08. The van der Waals surface area contributed by atoms with Crippen molar-refractivity contribution in [3.8, 4) is 5.75 Å². The van der Waals surface area contributed by atoms with Crippen molar-refractivity contribution in [2.45, 2.75) is 19.4 Å². The van der Waals surface area contributed by atoms with Gasteiger partial charge in [0.1, 0.15) is 5.75 Å². The molecule has 0 aliphatic heterocycles. The molecule has 1 unspecified atom stereocenters. The lowest BCUT2D eigenvalue weighted by Gasteiger charge is -2.15. The molecule has 0 saturated heterocycles. The van der Waals surface area contributed by atoms with E-state index in [-0.39, 0.29) is 18.6 Å². The number of rotatable bonds is 6. The Morgan fingerprint density at radius 3 is 2.69 bits per heavy atom. The van der Waals surface area contributed by atoms with E-state index in [9.17, 15) is 4.79 Å². The van der Waals surface area contributed by atoms with Crippen LogP contribution in [0.1, 0.15) is 13.3 Å². The van der Waals surface area contributed by atoms with Crippen molar-refractivity contribution < 1.29 is 14.6 Å². The summed E-state index contributed by atoms with van der Waals surface area (Å²) in [4.78, 5) is 10.8. The summed E-state index contributed by atoms with van der Waals surface area (Å²) in [5, 5.41) is 11.6. The molecule has 0 bridgehead atoms. The van der Waals surface area contributed by atoms with Gasteiger partial charge in [-0.25, -0.2) is 0 Å². The molecule has 1 rings (SSSR count). The highest BCUT2D eigenvalue weighted by atomic mass is 16.5. The van der Waals surface area contributed by atoms with Gasteiger partial charge in [-0.15, -0.1) is 0 Å². The third-order valence-corrected chi connectivity index (χ3v) is 2.11. The molecule has 4 heteroatoms. The molecule has 1 aromatic rings. The first kappa shape index (κ1) is 12.5. The van der Waals surface area contributed by atoms with E-state index in [0.29, 0.717) is 13.0 Å². The lowest BCUT2D eigenvalue weighted by Crippen LogP contribution is -2.37. The molecule has 16 heavy (non-hydrogen) atoms. The van der Waals surface area contributed by atoms with Crippen molar-refractivity contribution in [1.82, 2.24) is 5.32 Å². The van der Waals surface area contributed by atoms with Crippen LogP contribution in [-0.2, 0) is 4.79 Å². The minimum Gasteiger partial charge on any atom is -0.494 e. The fourth-order valence-corrected chi connectivity index (χ4v) is 1.33. The van der Waals surface area contributed by atoms with E-state index in [1.54, 1.807) is 0 Å². The molecule has 0 radical (unpaired) electrons. The summed E-state index contributed by atoms with van der Waals surface area (Å²) in [6.45, 7) is 1.83. The van der Waals surface area contributed by atoms with E-state index in [2.05, 4.69) is 5.32 Å². The molecule has 0 spiro atoms. The monoisotopic (exact) mass is 223 g/mol. The van der Waals surface area contributed by atoms with E-state index in [4.69, 9.17) is 9.84 Å². The lowest BCUT2D eigenvalue weighted by atomic mass is 10.2. The Morgan fingerprint density at radius 2 is 2.12 bits per heavy atom. The summed E-state index contributed by atoms with van der Waals surface area (Å²) in [7, 11) is 0. The molecule has 0 heterocycles. The largest absolute Gasteiger partial charge is 0.494 e. The maximum atomic E-state index is 10.8. The van der Waals surface area contributed by atoms with E-state index < -0.39 is 0 Å². The number of amides is 1. The van der Waals surface area contributed by atoms with Gasteiger partial charge in [-0.1, -0.05) is 18.2 Å². The first-order valence-corrected chi connectivity index (χ1v) is 5.28. The molecule has 1 aromatic carbocycles. The molecule has 4 nitrogen and oxygen atoms in total. The van der Waals surface area contributed by atoms with Crippen LogP contribution in [0.5, 0.6) is 5.75 Å². The molecule has 1 atom stereocenters. The van der Waals surface area contributed by atoms with Gasteiger partial charge in [-0.05, 0) is 12.1 Å². The number of aliphatic hydroxyl groups is 1. The predicted octanol–water partition coefficient (Wildman–Crippen LogP) is 0.952. The Balaban J connectivity index is 2.26. The van der Waals surface area contributed by atoms with Crippen molar-refractivity contribution in [3.63, 3.8) is 0 Å². The minimum atomic E-state index is -0.235. The normalized spacial score (nSPS) is 11.9. The number of benzene rings is 1. The molecular formula is C12H17NO3. The summed E-state index contributed by atoms with van der Waals surface area (Å²) in [6, 6.07) is 9.21. The number of nitrogens with one attached hydrogen (secondary N) is 1. The third kappa shape index (κ3) is 4.79. The van der Waals surface area contributed by atoms with Crippen LogP contribution in [0.2, 0.25) is 0 Å². The standard InChI is InChI=1S/C12H17NO3/c1-10(15)13-11(9-14)7-8-16-12-5-3-2-4-6-12/h2-6,11,14H,7-9H2,1H3,(H,13,15). The van der Waals surface area contributed by atoms with Crippen LogP contribution >= 0.6 is 0 Å². The van der Waals surface area contributed by atoms with Crippen LogP contribution in [0.15, 0.2) is 30.3 Å². The highest BCUT2D eigenvalue weighted by molar-refractivity contribution is 5.73. The Kier molecular flexibility index (Phi) is 5.36. The van der Waals surface area contributed by atoms with Crippen molar-refractivity contribution in [2.24, 2.45) is 0 Å². The zero-order chi connectivity index (χ0) is 11.8. The zero-order valence-electron chi connectivity index (χ0n) is 9.35. The predicted molar refractivity (Wildman–Crippen MR) is 61.2 cm³/mol. The average Bonchev–Trinajstić information content (AvgIpc) is 2.28. The Bertz CT molecular complexity index is 313. The number of carbonyl (C=O) groups is 1. The summed E-state index contributed by atoms with van der Waals surface area (Å²) in [5.41, 5.74) is 0. The maximum Gasteiger partial charge on any atom is 0.217 e. The second-order valence-electron chi connectivity index (χ2n) is 3.53. The SMILES string of the molecule is CC(=O)NC(CO)CCOc1ccccc1. The zero-order valence-corrected chi connectivity index (χ0v) is 9.35. The number of carbonyl (C=O) groups excluding carboxylic acids is 1. The molecular weight excluding hydrogens is 206 g/mol. The van der Waals surface area contributed by atoms with Crippen LogP contribution in [0.4, 0.5) is 0 Å². The van der Waals surface area contributed by atoms with Crippen LogP contribution in [0.25, 0.3) is 0 Å². The van der Waals surface area contributed by atoms with Crippen LogP contribution in [0, 0.1) is 0 Å². The van der Waals surface area contributed by atoms with Gasteiger partial charge in [0.25, 0.3) is 0 Å². The average molecular weight is 223 g/mol. The summed E-state index contributed by atoms with van der Waals surface area (Å²) < 4.78 is 5.46. The minimum absolute atomic E-state index is 0.0717. The van der Waals surface area contributed by atoms with Crippen LogP contribution in [0.3, 0.4) is 0 Å². The first-order valence-electron chi connectivity index (χ1n) is 5.28. The van der Waals surface area contributed by atoms with E-state index in [1.165, 1.54) is 6.92 Å². The van der Waals surface area contributed by atoms with Gasteiger partial charge < -0.3 is 15.2 Å². The fraction of sp³-hybridized carbons (Fsp3) is 0.417. The molecule has 0 aliphatic carbocycles. The third-order valence-electron chi connectivity index (χ3n) is 2.11. The van der Waals surface area contributed by atoms with Gasteiger partial charge in [-0.2, -0.15) is 0 Å². The van der Waals surface area contributed by atoms with Gasteiger partial charge >= 0.3 is 0 Å². The molecule has 0 saturated carbocycles. The molecule has 0 aromatic heterocycles. The fourth-order valence-electron chi connectivity index (χ4n) is 1.33. The number of para-hydroxylation sites is 1. The number of aliphatic hydroxyl groups excluding tert-OH is 1. The molecule has 2 N–H and O–H groups in total. The molecule has 0 aliphatic rings. The number of hydrogen-bond acceptors (Lipinski definition) is 3. The van der Waals surface area contributed by atoms with Crippen molar-refractivity contribution in [1.29, 1.82) is 0 Å². The maximum absolute atomic E-state index is 10.8. The topological polar surface area (TPSA) is 58.6 Å². The quantitative estimate of drug-likeness (QED) is 0.755. The summed E-state index contributed by atoms with van der Waals surface area (Å²) in [6.07, 6.45) is 0.588. The van der Waals surface area contributed by atoms with E-state index in [1.807, 2.05) is 30.3 Å². The van der Waals surface area contributed by atoms with Crippen molar-refractivity contribution in [2.75, 3.05) is 13.2 Å². The van der Waals surface area contributed by atoms with Gasteiger partial charge in [0.2, 0.25) is 5.91 Å². The number of ether oxygens (including phenoxy) is 1. The van der Waals surface area contributed by atoms with Crippen LogP contribution < -0.4 is 10.1 Å². The van der Waals surface area contributed by atoms with Crippen molar-refractivity contribution in [3.05, 3.63) is 30.3 Å². The second kappa shape index (κ2) is 6.85. The van der Waals surface area contributed by atoms with Gasteiger partial charge in [0, 0.05) is 13.3 Å². The second-order valence-corrected chi connectivity index (χ2v) is 3.53. The van der Waals surface area contributed by atoms with Gasteiger partial charge in [0.15, 0.2) is 0 Å². The number of hydrogen-bond donors (Lipinski definition) is 2. The Hall–Kier alpha value is -1.55.